The molecule has 0 spiro atoms. The van der Waals surface area contributed by atoms with Crippen molar-refractivity contribution in [3.63, 3.8) is 0 Å². The van der Waals surface area contributed by atoms with Crippen molar-refractivity contribution in [1.29, 1.82) is 0 Å². The number of fused-ring (bicyclic) bond motifs is 1. The molecule has 2 aromatic rings. The van der Waals surface area contributed by atoms with Crippen molar-refractivity contribution in [2.45, 2.75) is 32.2 Å². The number of aromatic amines is 1. The summed E-state index contributed by atoms with van der Waals surface area (Å²) >= 11 is 0. The molecule has 6 heteroatoms. The van der Waals surface area contributed by atoms with Crippen LogP contribution >= 0.6 is 0 Å². The Bertz CT molecular complexity index is 736. The van der Waals surface area contributed by atoms with Gasteiger partial charge in [0.2, 0.25) is 0 Å². The summed E-state index contributed by atoms with van der Waals surface area (Å²) in [5.74, 6) is -0.629. The van der Waals surface area contributed by atoms with Crippen molar-refractivity contribution < 1.29 is 14.3 Å². The Hall–Kier alpha value is -2.63. The van der Waals surface area contributed by atoms with Crippen LogP contribution in [0.3, 0.4) is 0 Å². The fraction of sp³-hybridized carbons (Fsp3) is 0.353. The Morgan fingerprint density at radius 2 is 2.04 bits per heavy atom. The van der Waals surface area contributed by atoms with E-state index in [2.05, 4.69) is 15.5 Å². The third-order valence-electron chi connectivity index (χ3n) is 4.13. The van der Waals surface area contributed by atoms with E-state index >= 15 is 0 Å². The third kappa shape index (κ3) is 3.11. The topological polar surface area (TPSA) is 84.1 Å². The highest BCUT2D eigenvalue weighted by molar-refractivity contribution is 5.94. The molecule has 0 fully saturated rings. The number of aromatic nitrogens is 2. The summed E-state index contributed by atoms with van der Waals surface area (Å²) in [6.07, 6.45) is 4.04. The van der Waals surface area contributed by atoms with E-state index in [0.29, 0.717) is 11.3 Å². The Morgan fingerprint density at radius 1 is 1.26 bits per heavy atom. The van der Waals surface area contributed by atoms with E-state index in [-0.39, 0.29) is 12.5 Å². The number of amides is 1. The molecule has 23 heavy (non-hydrogen) atoms. The lowest BCUT2D eigenvalue weighted by Crippen LogP contribution is -2.25. The number of benzene rings is 1. The molecule has 6 nitrogen and oxygen atoms in total. The number of nitrogens with zero attached hydrogens (tertiary/aromatic N) is 1. The number of nitrogens with one attached hydrogen (secondary N) is 2. The summed E-state index contributed by atoms with van der Waals surface area (Å²) in [6.45, 7) is 0.256. The van der Waals surface area contributed by atoms with Gasteiger partial charge in [0.25, 0.3) is 5.91 Å². The van der Waals surface area contributed by atoms with E-state index in [1.54, 1.807) is 18.2 Å². The number of aryl methyl sites for hydroxylation is 1. The highest BCUT2D eigenvalue weighted by Gasteiger charge is 2.21. The van der Waals surface area contributed by atoms with Crippen LogP contribution in [-0.2, 0) is 24.1 Å². The Kier molecular flexibility index (Phi) is 4.41. The van der Waals surface area contributed by atoms with E-state index in [4.69, 9.17) is 4.74 Å². The molecule has 1 aliphatic carbocycles. The first-order valence-electron chi connectivity index (χ1n) is 7.71. The van der Waals surface area contributed by atoms with E-state index in [0.717, 1.165) is 42.5 Å². The maximum Gasteiger partial charge on any atom is 0.338 e. The second kappa shape index (κ2) is 6.64. The molecular weight excluding hydrogens is 294 g/mol. The van der Waals surface area contributed by atoms with Gasteiger partial charge in [-0.3, -0.25) is 9.89 Å². The molecule has 1 amide bonds. The van der Waals surface area contributed by atoms with Crippen molar-refractivity contribution in [3.05, 3.63) is 52.3 Å². The molecule has 120 valence electrons. The van der Waals surface area contributed by atoms with Crippen LogP contribution < -0.4 is 5.32 Å². The highest BCUT2D eigenvalue weighted by atomic mass is 16.5. The predicted octanol–water partition coefficient (Wildman–Crippen LogP) is 2.01. The highest BCUT2D eigenvalue weighted by Crippen LogP contribution is 2.22. The van der Waals surface area contributed by atoms with Crippen molar-refractivity contribution >= 4 is 11.9 Å². The van der Waals surface area contributed by atoms with Gasteiger partial charge in [-0.25, -0.2) is 4.79 Å². The van der Waals surface area contributed by atoms with Gasteiger partial charge in [-0.05, 0) is 37.3 Å². The van der Waals surface area contributed by atoms with Gasteiger partial charge in [-0.2, -0.15) is 5.10 Å². The number of hydrogen-bond donors (Lipinski definition) is 2. The van der Waals surface area contributed by atoms with Gasteiger partial charge in [0.1, 0.15) is 0 Å². The predicted molar refractivity (Wildman–Crippen MR) is 84.2 cm³/mol. The SMILES string of the molecule is COC(=O)c1ccccc1CNC(=O)c1n[nH]c2c1CCCC2. The summed E-state index contributed by atoms with van der Waals surface area (Å²) in [5, 5.41) is 9.96. The minimum atomic E-state index is -0.410. The summed E-state index contributed by atoms with van der Waals surface area (Å²) in [6, 6.07) is 7.07. The largest absolute Gasteiger partial charge is 0.465 e. The van der Waals surface area contributed by atoms with Crippen LogP contribution in [0.15, 0.2) is 24.3 Å². The lowest BCUT2D eigenvalue weighted by atomic mass is 9.96. The maximum absolute atomic E-state index is 12.4. The first-order valence-corrected chi connectivity index (χ1v) is 7.71. The lowest BCUT2D eigenvalue weighted by molar-refractivity contribution is 0.0598. The molecule has 0 saturated heterocycles. The van der Waals surface area contributed by atoms with Gasteiger partial charge in [0.15, 0.2) is 5.69 Å². The van der Waals surface area contributed by atoms with Gasteiger partial charge in [0.05, 0.1) is 12.7 Å². The molecule has 0 atom stereocenters. The summed E-state index contributed by atoms with van der Waals surface area (Å²) in [4.78, 5) is 24.1. The number of H-pyrrole nitrogens is 1. The first kappa shape index (κ1) is 15.3. The molecular formula is C17H19N3O3. The molecule has 0 unspecified atom stereocenters. The molecule has 1 aromatic heterocycles. The Morgan fingerprint density at radius 3 is 2.87 bits per heavy atom. The summed E-state index contributed by atoms with van der Waals surface area (Å²) < 4.78 is 4.76. The van der Waals surface area contributed by atoms with Crippen molar-refractivity contribution in [3.8, 4) is 0 Å². The van der Waals surface area contributed by atoms with Crippen molar-refractivity contribution in [2.24, 2.45) is 0 Å². The van der Waals surface area contributed by atoms with Crippen LogP contribution in [0, 0.1) is 0 Å². The fourth-order valence-corrected chi connectivity index (χ4v) is 2.91. The van der Waals surface area contributed by atoms with E-state index < -0.39 is 5.97 Å². The molecule has 0 radical (unpaired) electrons. The van der Waals surface area contributed by atoms with Gasteiger partial charge in [-0.15, -0.1) is 0 Å². The normalized spacial score (nSPS) is 13.3. The van der Waals surface area contributed by atoms with Crippen LogP contribution in [0.25, 0.3) is 0 Å². The van der Waals surface area contributed by atoms with Gasteiger partial charge >= 0.3 is 5.97 Å². The Balaban J connectivity index is 1.73. The molecule has 0 saturated carbocycles. The summed E-state index contributed by atoms with van der Waals surface area (Å²) in [7, 11) is 1.34. The number of hydrogen-bond acceptors (Lipinski definition) is 4. The molecule has 1 aliphatic rings. The average Bonchev–Trinajstić information content (AvgIpc) is 3.03. The van der Waals surface area contributed by atoms with Gasteiger partial charge in [0, 0.05) is 17.8 Å². The fourth-order valence-electron chi connectivity index (χ4n) is 2.91. The van der Waals surface area contributed by atoms with Crippen LogP contribution in [0.1, 0.15) is 50.5 Å². The van der Waals surface area contributed by atoms with Crippen LogP contribution in [0.5, 0.6) is 0 Å². The molecule has 1 heterocycles. The summed E-state index contributed by atoms with van der Waals surface area (Å²) in [5.41, 5.74) is 3.73. The quantitative estimate of drug-likeness (QED) is 0.846. The van der Waals surface area contributed by atoms with Gasteiger partial charge < -0.3 is 10.1 Å². The second-order valence-electron chi connectivity index (χ2n) is 5.57. The van der Waals surface area contributed by atoms with Crippen LogP contribution in [0.2, 0.25) is 0 Å². The number of ether oxygens (including phenoxy) is 1. The minimum Gasteiger partial charge on any atom is -0.465 e. The number of carbonyl (C=O) groups is 2. The molecule has 3 rings (SSSR count). The smallest absolute Gasteiger partial charge is 0.338 e. The van der Waals surface area contributed by atoms with Gasteiger partial charge in [-0.1, -0.05) is 18.2 Å². The average molecular weight is 313 g/mol. The van der Waals surface area contributed by atoms with E-state index in [1.165, 1.54) is 7.11 Å². The monoisotopic (exact) mass is 313 g/mol. The molecule has 0 bridgehead atoms. The maximum atomic E-state index is 12.4. The van der Waals surface area contributed by atoms with Crippen LogP contribution in [-0.4, -0.2) is 29.2 Å². The standard InChI is InChI=1S/C17H19N3O3/c1-23-17(22)12-7-3-2-6-11(12)10-18-16(21)15-13-8-4-5-9-14(13)19-20-15/h2-3,6-7H,4-5,8-10H2,1H3,(H,18,21)(H,19,20). The molecule has 2 N–H and O–H groups in total. The van der Waals surface area contributed by atoms with E-state index in [9.17, 15) is 9.59 Å². The minimum absolute atomic E-state index is 0.218. The number of rotatable bonds is 4. The molecule has 0 aliphatic heterocycles. The lowest BCUT2D eigenvalue weighted by Gasteiger charge is -2.12. The first-order chi connectivity index (χ1) is 11.2. The number of methoxy groups -OCH3 is 1. The second-order valence-corrected chi connectivity index (χ2v) is 5.57. The zero-order chi connectivity index (χ0) is 16.2. The zero-order valence-corrected chi connectivity index (χ0v) is 13.0. The molecule has 1 aromatic carbocycles. The third-order valence-corrected chi connectivity index (χ3v) is 4.13. The van der Waals surface area contributed by atoms with Crippen LogP contribution in [0.4, 0.5) is 0 Å². The van der Waals surface area contributed by atoms with Crippen molar-refractivity contribution in [2.75, 3.05) is 7.11 Å². The number of esters is 1. The van der Waals surface area contributed by atoms with E-state index in [1.807, 2.05) is 6.07 Å². The Labute approximate surface area is 134 Å². The zero-order valence-electron chi connectivity index (χ0n) is 13.0. The van der Waals surface area contributed by atoms with Crippen molar-refractivity contribution in [1.82, 2.24) is 15.5 Å². The number of carbonyl (C=O) groups excluding carboxylic acids is 2.